The molecule has 1 saturated heterocycles. The van der Waals surface area contributed by atoms with Crippen molar-refractivity contribution < 1.29 is 95.5 Å². The summed E-state index contributed by atoms with van der Waals surface area (Å²) >= 11 is 0.880. The maximum absolute atomic E-state index is 12.7. The van der Waals surface area contributed by atoms with Crippen LogP contribution in [0.1, 0.15) is 65.5 Å². The van der Waals surface area contributed by atoms with Crippen molar-refractivity contribution in [1.29, 1.82) is 0 Å². The van der Waals surface area contributed by atoms with E-state index in [2.05, 4.69) is 34.4 Å². The summed E-state index contributed by atoms with van der Waals surface area (Å²) < 4.78 is 62.3. The number of carbonyl (C=O) groups is 4. The van der Waals surface area contributed by atoms with E-state index < -0.39 is 108 Å². The van der Waals surface area contributed by atoms with E-state index in [1.54, 1.807) is 0 Å². The summed E-state index contributed by atoms with van der Waals surface area (Å²) in [5.74, 6) is -2.14. The maximum Gasteiger partial charge on any atom is 0.481 e. The number of aromatic nitrogens is 4. The highest BCUT2D eigenvalue weighted by Gasteiger charge is 2.55. The molecule has 27 nitrogen and oxygen atoms in total. The summed E-state index contributed by atoms with van der Waals surface area (Å²) in [5.41, 5.74) is 3.58. The van der Waals surface area contributed by atoms with Gasteiger partial charge in [0.15, 0.2) is 22.8 Å². The minimum atomic E-state index is -5.61. The number of phosphoric acid groups is 3. The zero-order chi connectivity index (χ0) is 48.3. The summed E-state index contributed by atoms with van der Waals surface area (Å²) in [4.78, 5) is 101. The second-order valence-electron chi connectivity index (χ2n) is 16.7. The minimum absolute atomic E-state index is 0.0178. The third-order valence-electron chi connectivity index (χ3n) is 11.6. The highest BCUT2D eigenvalue weighted by atomic mass is 32.2. The number of rotatable bonds is 22. The van der Waals surface area contributed by atoms with Gasteiger partial charge in [-0.3, -0.25) is 37.3 Å². The molecule has 5 rings (SSSR count). The lowest BCUT2D eigenvalue weighted by Crippen LogP contribution is -2.49. The Kier molecular flexibility index (Phi) is 17.3. The molecule has 0 aromatic carbocycles. The van der Waals surface area contributed by atoms with E-state index in [4.69, 9.17) is 19.5 Å². The first-order valence-electron chi connectivity index (χ1n) is 20.1. The van der Waals surface area contributed by atoms with Crippen LogP contribution in [0.4, 0.5) is 5.82 Å². The molecule has 3 aliphatic rings. The lowest BCUT2D eigenvalue weighted by molar-refractivity contribution is -0.137. The average molecular weight is 1010 g/mol. The molecule has 65 heavy (non-hydrogen) atoms. The molecule has 0 bridgehead atoms. The van der Waals surface area contributed by atoms with Crippen LogP contribution in [0, 0.1) is 22.7 Å². The molecule has 2 saturated carbocycles. The van der Waals surface area contributed by atoms with Crippen LogP contribution < -0.4 is 16.4 Å². The third kappa shape index (κ3) is 13.4. The predicted molar refractivity (Wildman–Crippen MR) is 222 cm³/mol. The number of hydrogen-bond acceptors (Lipinski definition) is 21. The number of ketones is 1. The van der Waals surface area contributed by atoms with Crippen molar-refractivity contribution >= 4 is 74.9 Å². The fourth-order valence-corrected chi connectivity index (χ4v) is 11.7. The van der Waals surface area contributed by atoms with Crippen molar-refractivity contribution in [1.82, 2.24) is 30.2 Å². The molecule has 12 N–H and O–H groups in total. The average Bonchev–Trinajstić information content (AvgIpc) is 3.86. The Hall–Kier alpha value is -2.85. The summed E-state index contributed by atoms with van der Waals surface area (Å²) in [7, 11) is -16.5. The van der Waals surface area contributed by atoms with Crippen molar-refractivity contribution in [3.05, 3.63) is 12.7 Å². The Morgan fingerprint density at radius 2 is 1.74 bits per heavy atom. The van der Waals surface area contributed by atoms with Crippen LogP contribution in [0.5, 0.6) is 0 Å². The molecule has 2 amide bonds. The van der Waals surface area contributed by atoms with Gasteiger partial charge in [-0.2, -0.15) is 4.31 Å². The number of nitrogens with two attached hydrogens (primary N) is 1. The smallest absolute Gasteiger partial charge is 0.393 e. The van der Waals surface area contributed by atoms with Crippen LogP contribution in [0.15, 0.2) is 12.7 Å². The number of imidazole rings is 1. The summed E-state index contributed by atoms with van der Waals surface area (Å²) in [6.07, 6.45) is -7.51. The number of thioether (sulfide) groups is 1. The van der Waals surface area contributed by atoms with Gasteiger partial charge in [-0.15, -0.1) is 0 Å². The largest absolute Gasteiger partial charge is 0.481 e. The molecule has 1 aliphatic heterocycles. The highest BCUT2D eigenvalue weighted by Crippen LogP contribution is 2.61. The Balaban J connectivity index is 1.01. The van der Waals surface area contributed by atoms with E-state index in [-0.39, 0.29) is 65.5 Å². The first-order chi connectivity index (χ1) is 30.1. The van der Waals surface area contributed by atoms with Crippen LogP contribution in [0.25, 0.3) is 11.2 Å². The van der Waals surface area contributed by atoms with Gasteiger partial charge in [-0.05, 0) is 25.2 Å². The number of fused-ring (bicyclic) bond motifs is 2. The molecular formula is C34H54N7O20P3S. The molecule has 0 spiro atoms. The summed E-state index contributed by atoms with van der Waals surface area (Å²) in [6.45, 7) is 2.03. The Labute approximate surface area is 375 Å². The van der Waals surface area contributed by atoms with Gasteiger partial charge in [0, 0.05) is 54.9 Å². The number of hydrogen-bond donors (Lipinski definition) is 11. The Bertz CT molecular complexity index is 2220. The number of aliphatic hydroxyl groups is 4. The number of nitrogens with one attached hydrogen (secondary N) is 2. The summed E-state index contributed by atoms with van der Waals surface area (Å²) in [5, 5.41) is 47.5. The zero-order valence-corrected chi connectivity index (χ0v) is 38.7. The minimum Gasteiger partial charge on any atom is -0.393 e. The van der Waals surface area contributed by atoms with Gasteiger partial charge in [-0.1, -0.05) is 32.5 Å². The van der Waals surface area contributed by atoms with Gasteiger partial charge in [0.05, 0.1) is 31.7 Å². The molecule has 2 aliphatic carbocycles. The topological polar surface area (TPSA) is 421 Å². The molecular weight excluding hydrogens is 951 g/mol. The number of amides is 2. The van der Waals surface area contributed by atoms with E-state index in [0.29, 0.717) is 25.7 Å². The second kappa shape index (κ2) is 21.2. The number of Topliss-reactive ketones (excluding diaryl/α,β-unsaturated/α-hetero) is 1. The summed E-state index contributed by atoms with van der Waals surface area (Å²) in [6, 6.07) is 0. The molecule has 366 valence electrons. The van der Waals surface area contributed by atoms with Gasteiger partial charge < -0.3 is 61.1 Å². The highest BCUT2D eigenvalue weighted by molar-refractivity contribution is 8.13. The molecule has 3 fully saturated rings. The van der Waals surface area contributed by atoms with Crippen molar-refractivity contribution in [3.8, 4) is 0 Å². The lowest BCUT2D eigenvalue weighted by atomic mass is 9.61. The van der Waals surface area contributed by atoms with E-state index >= 15 is 0 Å². The van der Waals surface area contributed by atoms with Gasteiger partial charge in [0.1, 0.15) is 42.0 Å². The second-order valence-corrected chi connectivity index (χ2v) is 22.1. The van der Waals surface area contributed by atoms with Gasteiger partial charge >= 0.3 is 23.5 Å². The monoisotopic (exact) mass is 1010 g/mol. The van der Waals surface area contributed by atoms with Crippen LogP contribution in [-0.4, -0.2) is 151 Å². The predicted octanol–water partition coefficient (Wildman–Crippen LogP) is -0.828. The number of anilines is 1. The number of aliphatic hydroxyl groups excluding tert-OH is 4. The number of nitrogen functional groups attached to an aromatic ring is 1. The van der Waals surface area contributed by atoms with Gasteiger partial charge in [0.2, 0.25) is 11.8 Å². The third-order valence-corrected chi connectivity index (χ3v) is 15.6. The van der Waals surface area contributed by atoms with Crippen molar-refractivity contribution in [2.24, 2.45) is 22.7 Å². The standard InChI is InChI=1S/C34H54N7O20P3S/c1-33(2,28(48)31(49)37-9-7-22(45)36-10-11-65-23(46)12-19(43)24-17-4-5-21(44)34(17,3)8-6-18(24)42)14-58-64(55,56)61-63(53,54)57-13-20-27(60-62(50,51)52)26(47)32(59-20)41-16-40-25-29(35)38-15-39-30(25)41/h15-20,24,26-28,32,42-43,47-48H,4-14H2,1-3H3,(H,36,45)(H,37,49)(H,53,54)(H,55,56)(H2,35,38,39)(H2,50,51,52)/t17-,18+,19?,20+,24-,26+,27+,28-,32+,34-/m0/s1. The van der Waals surface area contributed by atoms with Crippen LogP contribution >= 0.6 is 35.2 Å². The quantitative estimate of drug-likeness (QED) is 0.0506. The van der Waals surface area contributed by atoms with Gasteiger partial charge in [-0.25, -0.2) is 28.6 Å². The Morgan fingerprint density at radius 1 is 1.05 bits per heavy atom. The van der Waals surface area contributed by atoms with Crippen LogP contribution in [-0.2, 0) is 55.5 Å². The zero-order valence-electron chi connectivity index (χ0n) is 35.2. The number of nitrogens with zero attached hydrogens (tertiary/aromatic N) is 4. The van der Waals surface area contributed by atoms with E-state index in [1.165, 1.54) is 13.8 Å². The lowest BCUT2D eigenvalue weighted by Gasteiger charge is -2.45. The van der Waals surface area contributed by atoms with E-state index in [0.717, 1.165) is 29.0 Å². The van der Waals surface area contributed by atoms with Crippen molar-refractivity contribution in [2.45, 2.75) is 102 Å². The molecule has 0 radical (unpaired) electrons. The molecule has 2 aromatic rings. The molecule has 3 heterocycles. The van der Waals surface area contributed by atoms with Crippen LogP contribution in [0.3, 0.4) is 0 Å². The molecule has 31 heteroatoms. The number of carbonyl (C=O) groups excluding carboxylic acids is 4. The van der Waals surface area contributed by atoms with E-state index in [1.807, 2.05) is 6.92 Å². The molecule has 3 unspecified atom stereocenters. The Morgan fingerprint density at radius 3 is 2.43 bits per heavy atom. The van der Waals surface area contributed by atoms with Crippen molar-refractivity contribution in [2.75, 3.05) is 37.8 Å². The SMILES string of the molecule is CC(C)(COP(=O)(O)OP(=O)(O)OC[C@H]1O[C@@H](n2cnc3c(N)ncnc32)[C@H](O)[C@@H]1OP(=O)(O)O)[C@@H](O)C(=O)NCCC(=O)NCCSC(=O)CC(O)[C@@H]1[C@H](O)CC[C@]2(C)C(=O)CC[C@@H]12. The van der Waals surface area contributed by atoms with Crippen molar-refractivity contribution in [3.63, 3.8) is 0 Å². The van der Waals surface area contributed by atoms with Crippen LogP contribution in [0.2, 0.25) is 0 Å². The number of ether oxygens (including phenoxy) is 1. The first-order valence-corrected chi connectivity index (χ1v) is 25.6. The van der Waals surface area contributed by atoms with E-state index in [9.17, 15) is 72.9 Å². The fourth-order valence-electron chi connectivity index (χ4n) is 8.13. The maximum atomic E-state index is 12.7. The normalized spacial score (nSPS) is 28.8. The number of phosphoric ester groups is 3. The molecule has 2 aromatic heterocycles. The first kappa shape index (κ1) is 53.1. The molecule has 12 atom stereocenters. The van der Waals surface area contributed by atoms with Gasteiger partial charge in [0.25, 0.3) is 0 Å². The fraction of sp³-hybridized carbons (Fsp3) is 0.735.